The van der Waals surface area contributed by atoms with Gasteiger partial charge >= 0.3 is 0 Å². The Labute approximate surface area is 134 Å². The minimum atomic E-state index is -0.634. The lowest BCUT2D eigenvalue weighted by molar-refractivity contribution is -0.134. The van der Waals surface area contributed by atoms with Gasteiger partial charge in [-0.2, -0.15) is 0 Å². The maximum absolute atomic E-state index is 13.9. The van der Waals surface area contributed by atoms with E-state index in [0.29, 0.717) is 18.3 Å². The monoisotopic (exact) mass is 320 g/mol. The highest BCUT2D eigenvalue weighted by Crippen LogP contribution is 2.40. The van der Waals surface area contributed by atoms with E-state index in [1.807, 2.05) is 7.05 Å². The van der Waals surface area contributed by atoms with Gasteiger partial charge in [0, 0.05) is 33.1 Å². The van der Waals surface area contributed by atoms with Crippen LogP contribution in [0.3, 0.4) is 0 Å². The van der Waals surface area contributed by atoms with Crippen molar-refractivity contribution in [2.24, 2.45) is 11.8 Å². The summed E-state index contributed by atoms with van der Waals surface area (Å²) in [5, 5.41) is 9.48. The third-order valence-electron chi connectivity index (χ3n) is 5.24. The van der Waals surface area contributed by atoms with Crippen molar-refractivity contribution in [1.29, 1.82) is 0 Å². The van der Waals surface area contributed by atoms with E-state index in [4.69, 9.17) is 0 Å². The molecule has 3 rings (SSSR count). The fourth-order valence-corrected chi connectivity index (χ4v) is 3.84. The van der Waals surface area contributed by atoms with E-state index < -0.39 is 11.7 Å². The fraction of sp³-hybridized carbons (Fsp3) is 0.529. The van der Waals surface area contributed by atoms with Gasteiger partial charge in [-0.3, -0.25) is 9.59 Å². The third kappa shape index (κ3) is 2.90. The van der Waals surface area contributed by atoms with Gasteiger partial charge in [0.15, 0.2) is 0 Å². The van der Waals surface area contributed by atoms with E-state index in [9.17, 15) is 19.1 Å². The number of hydrogen-bond donors (Lipinski definition) is 1. The molecule has 0 bridgehead atoms. The number of rotatable bonds is 2. The molecule has 2 fully saturated rings. The van der Waals surface area contributed by atoms with Crippen molar-refractivity contribution >= 4 is 11.8 Å². The van der Waals surface area contributed by atoms with Crippen molar-refractivity contribution in [3.05, 3.63) is 29.6 Å². The number of hydrogen-bond acceptors (Lipinski definition) is 3. The van der Waals surface area contributed by atoms with Crippen LogP contribution in [0.25, 0.3) is 0 Å². The average Bonchev–Trinajstić information content (AvgIpc) is 2.91. The lowest BCUT2D eigenvalue weighted by Crippen LogP contribution is -2.40. The van der Waals surface area contributed by atoms with Crippen molar-refractivity contribution in [1.82, 2.24) is 9.80 Å². The number of amides is 2. The smallest absolute Gasteiger partial charge is 0.256 e. The van der Waals surface area contributed by atoms with Gasteiger partial charge in [-0.15, -0.1) is 0 Å². The van der Waals surface area contributed by atoms with Gasteiger partial charge < -0.3 is 14.9 Å². The van der Waals surface area contributed by atoms with Crippen LogP contribution in [0.15, 0.2) is 18.2 Å². The zero-order chi connectivity index (χ0) is 16.7. The summed E-state index contributed by atoms with van der Waals surface area (Å²) in [6.45, 7) is 0.725. The Balaban J connectivity index is 1.74. The second-order valence-electron chi connectivity index (χ2n) is 6.70. The normalized spacial score (nSPS) is 27.0. The molecule has 124 valence electrons. The molecule has 0 unspecified atom stereocenters. The van der Waals surface area contributed by atoms with Crippen molar-refractivity contribution in [3.63, 3.8) is 0 Å². The zero-order valence-corrected chi connectivity index (χ0v) is 13.3. The van der Waals surface area contributed by atoms with E-state index in [1.165, 1.54) is 6.07 Å². The molecule has 1 saturated heterocycles. The summed E-state index contributed by atoms with van der Waals surface area (Å²) in [6, 6.07) is 3.47. The Morgan fingerprint density at radius 1 is 1.35 bits per heavy atom. The molecule has 6 heteroatoms. The highest BCUT2D eigenvalue weighted by Gasteiger charge is 2.42. The maximum Gasteiger partial charge on any atom is 0.256 e. The molecule has 1 aromatic rings. The fourth-order valence-electron chi connectivity index (χ4n) is 3.84. The molecule has 1 saturated carbocycles. The van der Waals surface area contributed by atoms with Crippen molar-refractivity contribution in [2.45, 2.75) is 25.3 Å². The Morgan fingerprint density at radius 2 is 2.04 bits per heavy atom. The maximum atomic E-state index is 13.9. The Hall–Kier alpha value is -2.11. The molecule has 2 amide bonds. The van der Waals surface area contributed by atoms with E-state index in [-0.39, 0.29) is 23.3 Å². The Bertz CT molecular complexity index is 649. The second kappa shape index (κ2) is 5.83. The Morgan fingerprint density at radius 3 is 2.78 bits per heavy atom. The molecule has 1 heterocycles. The molecule has 0 radical (unpaired) electrons. The SMILES string of the molecule is CN1C[C@@H]2C[C@H](N(C)C(=O)c3cc(O)ccc3F)C[C@@H]2CC1=O. The van der Waals surface area contributed by atoms with Crippen LogP contribution in [-0.4, -0.2) is 53.4 Å². The molecule has 23 heavy (non-hydrogen) atoms. The van der Waals surface area contributed by atoms with Crippen molar-refractivity contribution in [3.8, 4) is 5.75 Å². The summed E-state index contributed by atoms with van der Waals surface area (Å²) < 4.78 is 13.9. The number of piperidine rings is 1. The topological polar surface area (TPSA) is 60.9 Å². The highest BCUT2D eigenvalue weighted by molar-refractivity contribution is 5.95. The predicted octanol–water partition coefficient (Wildman–Crippen LogP) is 1.86. The molecule has 2 aliphatic rings. The largest absolute Gasteiger partial charge is 0.508 e. The van der Waals surface area contributed by atoms with Crippen molar-refractivity contribution < 1.29 is 19.1 Å². The standard InChI is InChI=1S/C17H21FN2O3/c1-19-9-11-6-12(5-10(11)7-16(19)22)20(2)17(23)14-8-13(21)3-4-15(14)18/h3-4,8,10-12,21H,5-7,9H2,1-2H3/t10-,11+,12-/m1/s1. The van der Waals surface area contributed by atoms with Gasteiger partial charge in [-0.25, -0.2) is 4.39 Å². The number of phenolic OH excluding ortho intramolecular Hbond substituents is 1. The first-order chi connectivity index (χ1) is 10.9. The summed E-state index contributed by atoms with van der Waals surface area (Å²) in [5.74, 6) is -0.345. The number of nitrogens with zero attached hydrogens (tertiary/aromatic N) is 2. The summed E-state index contributed by atoms with van der Waals surface area (Å²) in [7, 11) is 3.47. The summed E-state index contributed by atoms with van der Waals surface area (Å²) in [4.78, 5) is 27.7. The van der Waals surface area contributed by atoms with Crippen molar-refractivity contribution in [2.75, 3.05) is 20.6 Å². The molecule has 1 aliphatic heterocycles. The first kappa shape index (κ1) is 15.8. The lowest BCUT2D eigenvalue weighted by Gasteiger charge is -2.31. The molecule has 1 aliphatic carbocycles. The number of likely N-dealkylation sites (tertiary alicyclic amines) is 1. The number of benzene rings is 1. The van der Waals surface area contributed by atoms with Crippen LogP contribution in [-0.2, 0) is 4.79 Å². The van der Waals surface area contributed by atoms with E-state index in [0.717, 1.165) is 31.5 Å². The first-order valence-electron chi connectivity index (χ1n) is 7.86. The number of phenols is 1. The minimum absolute atomic E-state index is 0.00134. The van der Waals surface area contributed by atoms with E-state index in [2.05, 4.69) is 0 Å². The third-order valence-corrected chi connectivity index (χ3v) is 5.24. The van der Waals surface area contributed by atoms with Gasteiger partial charge in [0.05, 0.1) is 5.56 Å². The lowest BCUT2D eigenvalue weighted by atomic mass is 9.88. The van der Waals surface area contributed by atoms with Crippen LogP contribution in [0.5, 0.6) is 5.75 Å². The molecule has 5 nitrogen and oxygen atoms in total. The molecule has 1 N–H and O–H groups in total. The van der Waals surface area contributed by atoms with Gasteiger partial charge in [-0.1, -0.05) is 0 Å². The van der Waals surface area contributed by atoms with Gasteiger partial charge in [-0.05, 0) is 42.9 Å². The van der Waals surface area contributed by atoms with Gasteiger partial charge in [0.2, 0.25) is 5.91 Å². The summed E-state index contributed by atoms with van der Waals surface area (Å²) >= 11 is 0. The molecular formula is C17H21FN2O3. The molecule has 3 atom stereocenters. The number of carbonyl (C=O) groups excluding carboxylic acids is 2. The van der Waals surface area contributed by atoms with Crippen LogP contribution < -0.4 is 0 Å². The number of carbonyl (C=O) groups is 2. The number of aromatic hydroxyl groups is 1. The summed E-state index contributed by atoms with van der Waals surface area (Å²) in [5.41, 5.74) is -0.115. The predicted molar refractivity (Wildman–Crippen MR) is 82.4 cm³/mol. The van der Waals surface area contributed by atoms with Crippen LogP contribution in [0, 0.1) is 17.7 Å². The second-order valence-corrected chi connectivity index (χ2v) is 6.70. The van der Waals surface area contributed by atoms with Crippen LogP contribution in [0.4, 0.5) is 4.39 Å². The minimum Gasteiger partial charge on any atom is -0.508 e. The zero-order valence-electron chi connectivity index (χ0n) is 13.3. The quantitative estimate of drug-likeness (QED) is 0.905. The molecular weight excluding hydrogens is 299 g/mol. The Kier molecular flexibility index (Phi) is 4.00. The molecule has 0 spiro atoms. The van der Waals surface area contributed by atoms with Gasteiger partial charge in [0.1, 0.15) is 11.6 Å². The van der Waals surface area contributed by atoms with Gasteiger partial charge in [0.25, 0.3) is 5.91 Å². The van der Waals surface area contributed by atoms with Crippen LogP contribution in [0.2, 0.25) is 0 Å². The molecule has 0 aromatic heterocycles. The van der Waals surface area contributed by atoms with Crippen LogP contribution >= 0.6 is 0 Å². The van der Waals surface area contributed by atoms with E-state index in [1.54, 1.807) is 16.8 Å². The highest BCUT2D eigenvalue weighted by atomic mass is 19.1. The number of halogens is 1. The average molecular weight is 320 g/mol. The van der Waals surface area contributed by atoms with Crippen LogP contribution in [0.1, 0.15) is 29.6 Å². The number of fused-ring (bicyclic) bond motifs is 1. The molecule has 1 aromatic carbocycles. The first-order valence-corrected chi connectivity index (χ1v) is 7.86. The summed E-state index contributed by atoms with van der Waals surface area (Å²) in [6.07, 6.45) is 2.12. The van der Waals surface area contributed by atoms with E-state index >= 15 is 0 Å².